The lowest BCUT2D eigenvalue weighted by atomic mass is 9.85. The van der Waals surface area contributed by atoms with Crippen LogP contribution < -0.4 is 10.6 Å². The Bertz CT molecular complexity index is 1020. The number of ether oxygens (including phenoxy) is 1. The molecule has 1 atom stereocenters. The number of halogens is 2. The molecule has 35 heavy (non-hydrogen) atoms. The number of alkyl halides is 2. The first-order valence-corrected chi connectivity index (χ1v) is 12.8. The summed E-state index contributed by atoms with van der Waals surface area (Å²) in [5.74, 6) is 0.250. The van der Waals surface area contributed by atoms with Crippen LogP contribution in [-0.4, -0.2) is 50.1 Å². The first kappa shape index (κ1) is 25.6. The van der Waals surface area contributed by atoms with Crippen molar-refractivity contribution in [3.8, 4) is 0 Å². The van der Waals surface area contributed by atoms with Crippen molar-refractivity contribution >= 4 is 17.2 Å². The van der Waals surface area contributed by atoms with Crippen LogP contribution >= 0.6 is 0 Å². The molecule has 7 heteroatoms. The Morgan fingerprint density at radius 3 is 2.71 bits per heavy atom. The maximum Gasteiger partial charge on any atom is 0.263 e. The van der Waals surface area contributed by atoms with Gasteiger partial charge in [0, 0.05) is 56.0 Å². The number of fused-ring (bicyclic) bond motifs is 1. The summed E-state index contributed by atoms with van der Waals surface area (Å²) in [4.78, 5) is 15.1. The number of Topliss-reactive ketones (excluding diaryl/α,β-unsaturated/α-hetero) is 1. The second-order valence-corrected chi connectivity index (χ2v) is 9.68. The van der Waals surface area contributed by atoms with Gasteiger partial charge in [-0.25, -0.2) is 8.78 Å². The molecular formula is C28H37F2N3O2. The Hall–Kier alpha value is -2.51. The Labute approximate surface area is 207 Å². The number of carbonyl (C=O) groups is 1. The third kappa shape index (κ3) is 6.79. The molecule has 0 spiro atoms. The van der Waals surface area contributed by atoms with Crippen LogP contribution in [0, 0.1) is 6.92 Å². The second-order valence-electron chi connectivity index (χ2n) is 9.68. The number of hydrogen-bond donors (Lipinski definition) is 2. The first-order valence-electron chi connectivity index (χ1n) is 12.8. The fourth-order valence-corrected chi connectivity index (χ4v) is 5.19. The number of ketones is 1. The Kier molecular flexibility index (Phi) is 8.74. The molecule has 0 radical (unpaired) electrons. The van der Waals surface area contributed by atoms with Gasteiger partial charge in [0.15, 0.2) is 0 Å². The van der Waals surface area contributed by atoms with E-state index in [1.54, 1.807) is 6.07 Å². The predicted molar refractivity (Wildman–Crippen MR) is 137 cm³/mol. The molecule has 1 saturated heterocycles. The van der Waals surface area contributed by atoms with E-state index in [4.69, 9.17) is 4.74 Å². The minimum Gasteiger partial charge on any atom is -0.385 e. The maximum absolute atomic E-state index is 13.3. The molecule has 0 amide bonds. The van der Waals surface area contributed by atoms with E-state index in [1.165, 1.54) is 17.2 Å². The van der Waals surface area contributed by atoms with E-state index in [2.05, 4.69) is 34.6 Å². The summed E-state index contributed by atoms with van der Waals surface area (Å²) in [6, 6.07) is 9.43. The van der Waals surface area contributed by atoms with Gasteiger partial charge >= 0.3 is 0 Å². The van der Waals surface area contributed by atoms with Crippen molar-refractivity contribution in [1.82, 2.24) is 4.90 Å². The van der Waals surface area contributed by atoms with Crippen molar-refractivity contribution in [2.24, 2.45) is 0 Å². The molecule has 5 nitrogen and oxygen atoms in total. The van der Waals surface area contributed by atoms with Crippen molar-refractivity contribution in [3.63, 3.8) is 0 Å². The average molecular weight is 486 g/mol. The molecule has 2 N–H and O–H groups in total. The van der Waals surface area contributed by atoms with Crippen molar-refractivity contribution in [2.45, 2.75) is 58.4 Å². The van der Waals surface area contributed by atoms with Gasteiger partial charge in [-0.1, -0.05) is 12.1 Å². The summed E-state index contributed by atoms with van der Waals surface area (Å²) in [6.07, 6.45) is 1.40. The summed E-state index contributed by atoms with van der Waals surface area (Å²) in [6.45, 7) is 8.71. The monoisotopic (exact) mass is 485 g/mol. The smallest absolute Gasteiger partial charge is 0.263 e. The van der Waals surface area contributed by atoms with Crippen LogP contribution in [0.25, 0.3) is 0 Å². The zero-order valence-electron chi connectivity index (χ0n) is 20.8. The van der Waals surface area contributed by atoms with Crippen molar-refractivity contribution in [3.05, 3.63) is 58.1 Å². The lowest BCUT2D eigenvalue weighted by Crippen LogP contribution is -2.37. The number of aryl methyl sites for hydroxylation is 2. The van der Waals surface area contributed by atoms with Gasteiger partial charge in [-0.3, -0.25) is 9.69 Å². The Morgan fingerprint density at radius 2 is 1.97 bits per heavy atom. The number of hydrogen-bond acceptors (Lipinski definition) is 5. The van der Waals surface area contributed by atoms with Gasteiger partial charge in [-0.05, 0) is 73.6 Å². The largest absolute Gasteiger partial charge is 0.385 e. The molecule has 1 fully saturated rings. The second kappa shape index (κ2) is 12.0. The third-order valence-corrected chi connectivity index (χ3v) is 6.94. The highest BCUT2D eigenvalue weighted by Crippen LogP contribution is 2.37. The molecular weight excluding hydrogens is 448 g/mol. The zero-order valence-corrected chi connectivity index (χ0v) is 20.8. The van der Waals surface area contributed by atoms with Gasteiger partial charge in [-0.2, -0.15) is 0 Å². The van der Waals surface area contributed by atoms with Crippen LogP contribution in [0.5, 0.6) is 0 Å². The van der Waals surface area contributed by atoms with Gasteiger partial charge in [0.25, 0.3) is 6.43 Å². The highest BCUT2D eigenvalue weighted by atomic mass is 19.3. The minimum absolute atomic E-state index is 0.0443. The highest BCUT2D eigenvalue weighted by molar-refractivity contribution is 5.83. The van der Waals surface area contributed by atoms with E-state index in [9.17, 15) is 13.6 Å². The number of morpholine rings is 1. The van der Waals surface area contributed by atoms with E-state index in [0.29, 0.717) is 12.8 Å². The highest BCUT2D eigenvalue weighted by Gasteiger charge is 2.24. The van der Waals surface area contributed by atoms with E-state index < -0.39 is 6.43 Å². The molecule has 1 heterocycles. The first-order chi connectivity index (χ1) is 16.9. The Morgan fingerprint density at radius 1 is 1.17 bits per heavy atom. The fraction of sp³-hybridized carbons (Fsp3) is 0.536. The molecule has 2 aromatic rings. The molecule has 2 aromatic carbocycles. The van der Waals surface area contributed by atoms with Gasteiger partial charge < -0.3 is 15.4 Å². The van der Waals surface area contributed by atoms with E-state index in [0.717, 1.165) is 81.2 Å². The molecule has 0 bridgehead atoms. The maximum atomic E-state index is 13.3. The predicted octanol–water partition coefficient (Wildman–Crippen LogP) is 5.69. The number of benzene rings is 2. The number of nitrogens with zero attached hydrogens (tertiary/aromatic N) is 1. The number of rotatable bonds is 10. The van der Waals surface area contributed by atoms with Gasteiger partial charge in [0.1, 0.15) is 5.78 Å². The summed E-state index contributed by atoms with van der Waals surface area (Å²) >= 11 is 0. The normalized spacial score (nSPS) is 18.4. The lowest BCUT2D eigenvalue weighted by molar-refractivity contribution is -0.119. The average Bonchev–Trinajstić information content (AvgIpc) is 2.84. The van der Waals surface area contributed by atoms with E-state index in [-0.39, 0.29) is 17.4 Å². The molecule has 190 valence electrons. The van der Waals surface area contributed by atoms with Crippen LogP contribution in [0.3, 0.4) is 0 Å². The van der Waals surface area contributed by atoms with Crippen LogP contribution in [0.2, 0.25) is 0 Å². The molecule has 4 rings (SSSR count). The van der Waals surface area contributed by atoms with Crippen molar-refractivity contribution in [1.29, 1.82) is 0 Å². The molecule has 1 aliphatic carbocycles. The summed E-state index contributed by atoms with van der Waals surface area (Å²) in [5, 5.41) is 6.96. The van der Waals surface area contributed by atoms with Gasteiger partial charge in [0.05, 0.1) is 19.3 Å². The van der Waals surface area contributed by atoms with Crippen molar-refractivity contribution in [2.75, 3.05) is 50.0 Å². The third-order valence-electron chi connectivity index (χ3n) is 6.94. The molecule has 0 aromatic heterocycles. The molecule has 0 saturated carbocycles. The Balaban J connectivity index is 1.50. The van der Waals surface area contributed by atoms with Crippen LogP contribution in [0.15, 0.2) is 30.3 Å². The summed E-state index contributed by atoms with van der Waals surface area (Å²) < 4.78 is 32.0. The number of carbonyl (C=O) groups excluding carboxylic acids is 1. The molecule has 2 aliphatic rings. The quantitative estimate of drug-likeness (QED) is 0.453. The minimum atomic E-state index is -2.49. The standard InChI is InChI=1S/C28H37F2N3O2/c1-3-31-27-18-25-20(15-21(27)17-24(34)7-8-33-9-11-35-12-10-33)5-4-6-26(25)32-23-14-19(2)13-22(16-23)28(29)30/h13-16,18,26,28,31-32H,3-12,17H2,1-2H3. The van der Waals surface area contributed by atoms with Gasteiger partial charge in [-0.15, -0.1) is 0 Å². The fourth-order valence-electron chi connectivity index (χ4n) is 5.19. The van der Waals surface area contributed by atoms with E-state index >= 15 is 0 Å². The number of anilines is 2. The van der Waals surface area contributed by atoms with Crippen LogP contribution in [-0.2, 0) is 22.4 Å². The molecule has 1 unspecified atom stereocenters. The summed E-state index contributed by atoms with van der Waals surface area (Å²) in [5.41, 5.74) is 6.07. The number of nitrogens with one attached hydrogen (secondary N) is 2. The van der Waals surface area contributed by atoms with Crippen molar-refractivity contribution < 1.29 is 18.3 Å². The van der Waals surface area contributed by atoms with Gasteiger partial charge in [0.2, 0.25) is 0 Å². The topological polar surface area (TPSA) is 53.6 Å². The SMILES string of the molecule is CCNc1cc2c(cc1CC(=O)CCN1CCOCC1)CCCC2Nc1cc(C)cc(C(F)F)c1. The zero-order chi connectivity index (χ0) is 24.8. The lowest BCUT2D eigenvalue weighted by Gasteiger charge is -2.29. The van der Waals surface area contributed by atoms with E-state index in [1.807, 2.05) is 13.0 Å². The van der Waals surface area contributed by atoms with Crippen LogP contribution in [0.1, 0.15) is 66.5 Å². The van der Waals surface area contributed by atoms with Crippen LogP contribution in [0.4, 0.5) is 20.2 Å². The molecule has 1 aliphatic heterocycles. The summed E-state index contributed by atoms with van der Waals surface area (Å²) in [7, 11) is 0.